The van der Waals surface area contributed by atoms with Crippen LogP contribution in [0.2, 0.25) is 0 Å². The summed E-state index contributed by atoms with van der Waals surface area (Å²) in [5.41, 5.74) is 6.41. The van der Waals surface area contributed by atoms with Crippen molar-refractivity contribution < 1.29 is 5.11 Å². The van der Waals surface area contributed by atoms with Crippen LogP contribution in [0, 0.1) is 0 Å². The van der Waals surface area contributed by atoms with E-state index in [4.69, 9.17) is 5.73 Å². The highest BCUT2D eigenvalue weighted by atomic mass is 79.9. The van der Waals surface area contributed by atoms with Crippen molar-refractivity contribution in [2.75, 3.05) is 6.54 Å². The van der Waals surface area contributed by atoms with Gasteiger partial charge in [-0.3, -0.25) is 0 Å². The zero-order valence-electron chi connectivity index (χ0n) is 5.96. The Morgan fingerprint density at radius 2 is 2.45 bits per heavy atom. The molecule has 0 aliphatic heterocycles. The topological polar surface area (TPSA) is 46.2 Å². The second kappa shape index (κ2) is 4.21. The van der Waals surface area contributed by atoms with Crippen LogP contribution in [-0.4, -0.2) is 17.8 Å². The fourth-order valence-corrected chi connectivity index (χ4v) is 2.03. The van der Waals surface area contributed by atoms with Crippen molar-refractivity contribution in [3.8, 4) is 0 Å². The van der Waals surface area contributed by atoms with E-state index in [9.17, 15) is 5.11 Å². The van der Waals surface area contributed by atoms with Crippen LogP contribution in [0.3, 0.4) is 0 Å². The maximum atomic E-state index is 9.18. The summed E-state index contributed by atoms with van der Waals surface area (Å²) in [6.07, 6.45) is 0.245. The molecule has 4 heteroatoms. The molecule has 0 aliphatic rings. The highest BCUT2D eigenvalue weighted by molar-refractivity contribution is 9.11. The summed E-state index contributed by atoms with van der Waals surface area (Å²) in [7, 11) is 0. The van der Waals surface area contributed by atoms with Gasteiger partial charge in [0, 0.05) is 13.0 Å². The lowest BCUT2D eigenvalue weighted by Gasteiger charge is -2.03. The minimum absolute atomic E-state index is 0.327. The molecule has 3 N–H and O–H groups in total. The molecule has 1 atom stereocenters. The summed E-state index contributed by atoms with van der Waals surface area (Å²) in [6.45, 7) is 0.327. The number of nitrogens with two attached hydrogens (primary N) is 1. The molecule has 0 radical (unpaired) electrons. The zero-order chi connectivity index (χ0) is 8.27. The Labute approximate surface area is 78.2 Å². The van der Waals surface area contributed by atoms with Crippen LogP contribution < -0.4 is 5.73 Å². The smallest absolute Gasteiger partial charge is 0.0702 e. The Balaban J connectivity index is 2.50. The van der Waals surface area contributed by atoms with Gasteiger partial charge in [0.1, 0.15) is 0 Å². The van der Waals surface area contributed by atoms with Crippen LogP contribution in [0.15, 0.2) is 15.2 Å². The molecular weight excluding hydrogens is 226 g/mol. The molecule has 0 saturated heterocycles. The molecule has 1 rings (SSSR count). The Bertz CT molecular complexity index is 226. The summed E-state index contributed by atoms with van der Waals surface area (Å²) in [6, 6.07) is 2.00. The predicted octanol–water partition coefficient (Wildman–Crippen LogP) is 1.37. The standard InChI is InChI=1S/C7H10BrNOS/c8-7-2-5(4-11-7)1-6(10)3-9/h2,4,6,10H,1,3,9H2. The molecule has 1 heterocycles. The third-order valence-corrected chi connectivity index (χ3v) is 2.92. The number of thiophene rings is 1. The van der Waals surface area contributed by atoms with Gasteiger partial charge in [-0.05, 0) is 32.9 Å². The number of aliphatic hydroxyl groups is 1. The first-order valence-electron chi connectivity index (χ1n) is 3.33. The molecule has 1 aromatic heterocycles. The molecule has 0 fully saturated rings. The third kappa shape index (κ3) is 2.91. The quantitative estimate of drug-likeness (QED) is 0.832. The number of rotatable bonds is 3. The minimum Gasteiger partial charge on any atom is -0.391 e. The number of aliphatic hydroxyl groups excluding tert-OH is 1. The average Bonchev–Trinajstić information content (AvgIpc) is 2.35. The maximum Gasteiger partial charge on any atom is 0.0702 e. The largest absolute Gasteiger partial charge is 0.391 e. The summed E-state index contributed by atoms with van der Waals surface area (Å²) >= 11 is 4.97. The van der Waals surface area contributed by atoms with Crippen LogP contribution in [0.25, 0.3) is 0 Å². The molecule has 62 valence electrons. The molecule has 2 nitrogen and oxygen atoms in total. The van der Waals surface area contributed by atoms with E-state index in [1.54, 1.807) is 11.3 Å². The van der Waals surface area contributed by atoms with Gasteiger partial charge in [-0.15, -0.1) is 11.3 Å². The molecule has 11 heavy (non-hydrogen) atoms. The van der Waals surface area contributed by atoms with Crippen LogP contribution in [0.5, 0.6) is 0 Å². The van der Waals surface area contributed by atoms with Gasteiger partial charge in [-0.1, -0.05) is 0 Å². The van der Waals surface area contributed by atoms with Gasteiger partial charge in [0.05, 0.1) is 9.89 Å². The Kier molecular flexibility index (Phi) is 3.51. The van der Waals surface area contributed by atoms with Gasteiger partial charge in [-0.25, -0.2) is 0 Å². The van der Waals surface area contributed by atoms with Crippen LogP contribution >= 0.6 is 27.3 Å². The van der Waals surface area contributed by atoms with E-state index in [0.29, 0.717) is 13.0 Å². The van der Waals surface area contributed by atoms with E-state index in [0.717, 1.165) is 9.35 Å². The van der Waals surface area contributed by atoms with E-state index >= 15 is 0 Å². The highest BCUT2D eigenvalue weighted by Crippen LogP contribution is 2.21. The molecule has 1 unspecified atom stereocenters. The summed E-state index contributed by atoms with van der Waals surface area (Å²) in [4.78, 5) is 0. The first kappa shape index (κ1) is 9.19. The first-order chi connectivity index (χ1) is 5.22. The van der Waals surface area contributed by atoms with Crippen LogP contribution in [0.1, 0.15) is 5.56 Å². The molecule has 1 aromatic rings. The van der Waals surface area contributed by atoms with Crippen molar-refractivity contribution in [2.24, 2.45) is 5.73 Å². The van der Waals surface area contributed by atoms with Gasteiger partial charge in [0.2, 0.25) is 0 Å². The van der Waals surface area contributed by atoms with E-state index in [2.05, 4.69) is 15.9 Å². The SMILES string of the molecule is NCC(O)Cc1csc(Br)c1. The predicted molar refractivity (Wildman–Crippen MR) is 50.8 cm³/mol. The second-order valence-electron chi connectivity index (χ2n) is 2.35. The molecule has 0 spiro atoms. The Hall–Kier alpha value is 0.100. The third-order valence-electron chi connectivity index (χ3n) is 1.37. The fraction of sp³-hybridized carbons (Fsp3) is 0.429. The van der Waals surface area contributed by atoms with Gasteiger partial charge < -0.3 is 10.8 Å². The van der Waals surface area contributed by atoms with E-state index in [1.165, 1.54) is 0 Å². The van der Waals surface area contributed by atoms with Crippen molar-refractivity contribution in [1.82, 2.24) is 0 Å². The van der Waals surface area contributed by atoms with Gasteiger partial charge in [-0.2, -0.15) is 0 Å². The normalized spacial score (nSPS) is 13.4. The maximum absolute atomic E-state index is 9.18. The molecule has 0 bridgehead atoms. The Morgan fingerprint density at radius 1 is 1.73 bits per heavy atom. The molecule has 0 aliphatic carbocycles. The summed E-state index contributed by atoms with van der Waals surface area (Å²) < 4.78 is 1.09. The lowest BCUT2D eigenvalue weighted by Crippen LogP contribution is -2.21. The van der Waals surface area contributed by atoms with Crippen molar-refractivity contribution in [1.29, 1.82) is 0 Å². The number of hydrogen-bond acceptors (Lipinski definition) is 3. The number of halogens is 1. The summed E-state index contributed by atoms with van der Waals surface area (Å²) in [5.74, 6) is 0. The highest BCUT2D eigenvalue weighted by Gasteiger charge is 2.03. The fourth-order valence-electron chi connectivity index (χ4n) is 0.808. The molecular formula is C7H10BrNOS. The van der Waals surface area contributed by atoms with Gasteiger partial charge >= 0.3 is 0 Å². The molecule has 0 saturated carbocycles. The second-order valence-corrected chi connectivity index (χ2v) is 4.64. The van der Waals surface area contributed by atoms with Gasteiger partial charge in [0.25, 0.3) is 0 Å². The van der Waals surface area contributed by atoms with Crippen LogP contribution in [-0.2, 0) is 6.42 Å². The Morgan fingerprint density at radius 3 is 2.91 bits per heavy atom. The van der Waals surface area contributed by atoms with E-state index in [1.807, 2.05) is 11.4 Å². The van der Waals surface area contributed by atoms with Crippen molar-refractivity contribution >= 4 is 27.3 Å². The number of hydrogen-bond donors (Lipinski definition) is 2. The first-order valence-corrected chi connectivity index (χ1v) is 5.00. The van der Waals surface area contributed by atoms with Crippen molar-refractivity contribution in [3.63, 3.8) is 0 Å². The zero-order valence-corrected chi connectivity index (χ0v) is 8.36. The van der Waals surface area contributed by atoms with Crippen LogP contribution in [0.4, 0.5) is 0 Å². The van der Waals surface area contributed by atoms with Gasteiger partial charge in [0.15, 0.2) is 0 Å². The molecule has 0 aromatic carbocycles. The van der Waals surface area contributed by atoms with E-state index in [-0.39, 0.29) is 0 Å². The summed E-state index contributed by atoms with van der Waals surface area (Å²) in [5, 5.41) is 11.2. The lowest BCUT2D eigenvalue weighted by atomic mass is 10.1. The van der Waals surface area contributed by atoms with E-state index < -0.39 is 6.10 Å². The average molecular weight is 236 g/mol. The molecule has 0 amide bonds. The monoisotopic (exact) mass is 235 g/mol. The lowest BCUT2D eigenvalue weighted by molar-refractivity contribution is 0.183. The minimum atomic E-state index is -0.406. The van der Waals surface area contributed by atoms with Crippen molar-refractivity contribution in [3.05, 3.63) is 20.8 Å². The van der Waals surface area contributed by atoms with Crippen molar-refractivity contribution in [2.45, 2.75) is 12.5 Å².